The first-order valence-electron chi connectivity index (χ1n) is 25.2. The summed E-state index contributed by atoms with van der Waals surface area (Å²) in [4.78, 5) is 39.8. The second-order valence-corrected chi connectivity index (χ2v) is 22.8. The highest BCUT2D eigenvalue weighted by atomic mass is 32.2. The molecule has 12 rings (SSSR count). The highest BCUT2D eigenvalue weighted by molar-refractivity contribution is 7.91. The minimum Gasteiger partial charge on any atom is -0.491 e. The van der Waals surface area contributed by atoms with E-state index in [9.17, 15) is 14.9 Å². The number of aromatic nitrogens is 2. The van der Waals surface area contributed by atoms with E-state index in [1.807, 2.05) is 18.2 Å². The van der Waals surface area contributed by atoms with Crippen LogP contribution in [0.2, 0.25) is 0 Å². The molecule has 0 unspecified atom stereocenters. The lowest BCUT2D eigenvalue weighted by atomic mass is 9.60. The quantitative estimate of drug-likeness (QED) is 0.0851. The number of fused-ring (bicyclic) bond motifs is 4. The number of nitro benzene ring substituents is 1. The van der Waals surface area contributed by atoms with Crippen LogP contribution in [0.15, 0.2) is 76.7 Å². The molecule has 8 heterocycles. The zero-order chi connectivity index (χ0) is 49.7. The van der Waals surface area contributed by atoms with Gasteiger partial charge in [-0.3, -0.25) is 19.8 Å². The van der Waals surface area contributed by atoms with E-state index in [1.165, 1.54) is 11.6 Å². The second kappa shape index (κ2) is 17.8. The number of ether oxygens (including phenoxy) is 5. The van der Waals surface area contributed by atoms with Crippen molar-refractivity contribution in [2.75, 3.05) is 67.8 Å². The normalized spacial score (nSPS) is 24.7. The monoisotopic (exact) mass is 1010 g/mol. The number of nitrogens with zero attached hydrogens (tertiary/aromatic N) is 5. The molecule has 18 nitrogen and oxygen atoms in total. The van der Waals surface area contributed by atoms with E-state index in [0.717, 1.165) is 56.9 Å². The van der Waals surface area contributed by atoms with Gasteiger partial charge >= 0.3 is 0 Å². The Morgan fingerprint density at radius 3 is 2.54 bits per heavy atom. The summed E-state index contributed by atoms with van der Waals surface area (Å²) >= 11 is 0. The number of carbonyl (C=O) groups excluding carboxylic acids is 1. The number of nitrogens with one attached hydrogen (secondary N) is 2. The topological polar surface area (TPSA) is 217 Å². The highest BCUT2D eigenvalue weighted by Crippen LogP contribution is 2.56. The lowest BCUT2D eigenvalue weighted by Crippen LogP contribution is -2.55. The predicted molar refractivity (Wildman–Crippen MR) is 265 cm³/mol. The van der Waals surface area contributed by atoms with E-state index in [-0.39, 0.29) is 96.9 Å². The molecule has 6 aliphatic heterocycles. The van der Waals surface area contributed by atoms with Crippen molar-refractivity contribution in [1.82, 2.24) is 14.9 Å². The molecule has 3 aromatic carbocycles. The molecule has 1 aliphatic carbocycles. The van der Waals surface area contributed by atoms with Crippen LogP contribution in [0.3, 0.4) is 0 Å². The Kier molecular flexibility index (Phi) is 11.6. The van der Waals surface area contributed by atoms with Crippen LogP contribution in [0.1, 0.15) is 87.2 Å². The molecule has 4 N–H and O–H groups in total. The van der Waals surface area contributed by atoms with Gasteiger partial charge in [-0.1, -0.05) is 18.2 Å². The summed E-state index contributed by atoms with van der Waals surface area (Å²) in [5.74, 6) is 0.143. The van der Waals surface area contributed by atoms with Crippen LogP contribution in [0, 0.1) is 15.5 Å². The van der Waals surface area contributed by atoms with Gasteiger partial charge in [-0.2, -0.15) is 4.98 Å². The third-order valence-electron chi connectivity index (χ3n) is 16.4. The molecule has 4 saturated heterocycles. The lowest BCUT2D eigenvalue weighted by Gasteiger charge is -2.56. The van der Waals surface area contributed by atoms with E-state index in [0.29, 0.717) is 41.5 Å². The Labute approximate surface area is 416 Å². The third-order valence-corrected chi connectivity index (χ3v) is 18.2. The predicted octanol–water partition coefficient (Wildman–Crippen LogP) is 7.77. The molecule has 0 bridgehead atoms. The first kappa shape index (κ1) is 46.8. The van der Waals surface area contributed by atoms with Gasteiger partial charge in [0.15, 0.2) is 11.4 Å². The summed E-state index contributed by atoms with van der Waals surface area (Å²) in [5.41, 5.74) is 6.20. The number of benzene rings is 3. The van der Waals surface area contributed by atoms with Crippen LogP contribution in [-0.4, -0.2) is 123 Å². The maximum absolute atomic E-state index is 16.3. The number of piperidine rings is 1. The van der Waals surface area contributed by atoms with Crippen molar-refractivity contribution in [2.24, 2.45) is 11.1 Å². The number of hydrogen-bond acceptors (Lipinski definition) is 15. The van der Waals surface area contributed by atoms with Gasteiger partial charge in [0.25, 0.3) is 11.6 Å². The van der Waals surface area contributed by atoms with Gasteiger partial charge in [-0.25, -0.2) is 12.8 Å². The van der Waals surface area contributed by atoms with Crippen molar-refractivity contribution < 1.29 is 46.2 Å². The Morgan fingerprint density at radius 1 is 0.986 bits per heavy atom. The molecule has 72 heavy (non-hydrogen) atoms. The molecule has 380 valence electrons. The van der Waals surface area contributed by atoms with Gasteiger partial charge in [0.2, 0.25) is 15.7 Å². The van der Waals surface area contributed by atoms with Crippen LogP contribution in [0.25, 0.3) is 11.0 Å². The molecule has 4 atom stereocenters. The van der Waals surface area contributed by atoms with Crippen molar-refractivity contribution in [3.8, 4) is 17.4 Å². The van der Waals surface area contributed by atoms with Crippen LogP contribution >= 0.6 is 0 Å². The molecule has 2 aromatic heterocycles. The number of nitro groups is 1. The summed E-state index contributed by atoms with van der Waals surface area (Å²) < 4.78 is 78.6. The first-order chi connectivity index (χ1) is 34.7. The molecule has 1 saturated carbocycles. The summed E-state index contributed by atoms with van der Waals surface area (Å²) in [6, 6.07) is 16.6. The number of hydrogen-bond donors (Lipinski definition) is 3. The average molecular weight is 1010 g/mol. The number of para-hydroxylation sites is 1. The Bertz CT molecular complexity index is 3080. The van der Waals surface area contributed by atoms with Crippen molar-refractivity contribution in [3.05, 3.63) is 88.1 Å². The summed E-state index contributed by atoms with van der Waals surface area (Å²) in [7, 11) is -4.86. The Morgan fingerprint density at radius 2 is 1.78 bits per heavy atom. The number of amides is 1. The minimum atomic E-state index is -4.86. The minimum absolute atomic E-state index is 0.00842. The van der Waals surface area contributed by atoms with Gasteiger partial charge < -0.3 is 49.5 Å². The van der Waals surface area contributed by atoms with Crippen molar-refractivity contribution in [1.29, 1.82) is 0 Å². The first-order valence-corrected chi connectivity index (χ1v) is 26.7. The number of anilines is 4. The fraction of sp³-hybridized carbons (Fsp3) is 0.500. The van der Waals surface area contributed by atoms with Crippen molar-refractivity contribution in [3.63, 3.8) is 0 Å². The number of H-pyrrole nitrogens is 1. The number of likely N-dealkylation sites (tertiary alicyclic amines) is 1. The molecule has 0 radical (unpaired) electrons. The SMILES string of the molecule is CC(C)Oc1ccccc1[C@@H]1CCCN1C1CC2(CCN(c3ccc(C(N)=O)c(N4c5cc6cc[nH]c6nc5O[C@@H]5COC[C@H]54)c3S(=O)(=O)c3cc4c(c([N+](=O)[O-])c3)N[C@H](C3(F)CCOCC3)CO4)CC2)C1. The molecule has 5 aromatic rings. The highest BCUT2D eigenvalue weighted by Gasteiger charge is 2.52. The fourth-order valence-electron chi connectivity index (χ4n) is 12.7. The van der Waals surface area contributed by atoms with E-state index >= 15 is 12.8 Å². The van der Waals surface area contributed by atoms with E-state index in [4.69, 9.17) is 34.4 Å². The van der Waals surface area contributed by atoms with Crippen LogP contribution < -0.4 is 35.1 Å². The van der Waals surface area contributed by atoms with E-state index < -0.39 is 55.1 Å². The number of primary amides is 1. The molecule has 7 aliphatic rings. The smallest absolute Gasteiger partial charge is 0.297 e. The van der Waals surface area contributed by atoms with Gasteiger partial charge in [0.05, 0.1) is 58.2 Å². The molecular formula is C52H59FN8O10S. The number of halogens is 1. The zero-order valence-corrected chi connectivity index (χ0v) is 41.1. The van der Waals surface area contributed by atoms with Crippen LogP contribution in [0.4, 0.5) is 32.8 Å². The fourth-order valence-corrected chi connectivity index (χ4v) is 14.4. The number of carbonyl (C=O) groups is 1. The maximum Gasteiger partial charge on any atom is 0.297 e. The number of pyridine rings is 1. The molecule has 5 fully saturated rings. The summed E-state index contributed by atoms with van der Waals surface area (Å²) in [5, 5.41) is 16.7. The molecule has 20 heteroatoms. The number of sulfone groups is 1. The van der Waals surface area contributed by atoms with Crippen molar-refractivity contribution >= 4 is 55.2 Å². The lowest BCUT2D eigenvalue weighted by molar-refractivity contribution is -0.384. The standard InChI is InChI=1S/C52H59FN8O10S/c1-30(2)70-41-8-4-3-6-34(41)36-7-5-17-59(36)32-25-51(26-32)12-18-58(19-13-51)37-10-9-35(48(54)62)46(60-39-22-31-11-16-55-49(31)57-50(39)71-43-28-68-27-40(43)60)47(37)72(65,66)33-23-38(61(63)64)45-42(24-33)69-29-44(56-45)52(53)14-20-67-21-15-52/h3-4,6,8-11,16,22-24,30,32,36,40,43-44,56H,5,7,12-15,17-21,25-29H2,1-2H3,(H2,54,62)(H,55,57)/t36-,40+,43+,44-/m0/s1. The molecule has 1 spiro atoms. The number of aromatic amines is 1. The summed E-state index contributed by atoms with van der Waals surface area (Å²) in [6.07, 6.45) is 7.10. The maximum atomic E-state index is 16.3. The van der Waals surface area contributed by atoms with Gasteiger partial charge in [0, 0.05) is 80.5 Å². The number of alkyl halides is 1. The average Bonchev–Trinajstić information content (AvgIpc) is 4.15. The summed E-state index contributed by atoms with van der Waals surface area (Å²) in [6.45, 7) is 6.58. The van der Waals surface area contributed by atoms with E-state index in [1.54, 1.807) is 23.2 Å². The zero-order valence-electron chi connectivity index (χ0n) is 40.3. The van der Waals surface area contributed by atoms with Crippen LogP contribution in [0.5, 0.6) is 17.4 Å². The molecule has 1 amide bonds. The van der Waals surface area contributed by atoms with Gasteiger partial charge in [-0.15, -0.1) is 0 Å². The Hall–Kier alpha value is -6.22. The second-order valence-electron chi connectivity index (χ2n) is 20.9. The molecular weight excluding hydrogens is 948 g/mol. The number of nitrogens with two attached hydrogens (primary N) is 1. The van der Waals surface area contributed by atoms with Gasteiger partial charge in [-0.05, 0) is 94.7 Å². The van der Waals surface area contributed by atoms with E-state index in [2.05, 4.69) is 52.1 Å². The largest absolute Gasteiger partial charge is 0.491 e. The van der Waals surface area contributed by atoms with Crippen molar-refractivity contribution in [2.45, 2.75) is 117 Å². The third kappa shape index (κ3) is 7.86. The van der Waals surface area contributed by atoms with Crippen LogP contribution in [-0.2, 0) is 19.3 Å². The Balaban J connectivity index is 0.937. The van der Waals surface area contributed by atoms with Gasteiger partial charge in [0.1, 0.15) is 40.4 Å². The number of rotatable bonds is 11.